The van der Waals surface area contributed by atoms with Gasteiger partial charge in [0.2, 0.25) is 0 Å². The molecule has 5 rings (SSSR count). The lowest BCUT2D eigenvalue weighted by molar-refractivity contribution is -0.137. The smallest absolute Gasteiger partial charge is 0.303 e. The molecule has 8 heteroatoms. The highest BCUT2D eigenvalue weighted by molar-refractivity contribution is 6.00. The Morgan fingerprint density at radius 3 is 2.33 bits per heavy atom. The third kappa shape index (κ3) is 6.89. The standard InChI is InChI=1S/C32H42N2O6/c1-38-25-12-16-34(17-13-25)32(37)28-9-8-26(39-2)19-30(28)33-14-10-22(11-15-33)21-40-27-5-3-4-24(18-27)29(20-31(35)36)23-6-7-23/h3-5,8-9,18-19,22-23,25,29H,6-7,10-17,20-21H2,1-2H3,(H,35,36). The molecular weight excluding hydrogens is 508 g/mol. The van der Waals surface area contributed by atoms with E-state index in [1.54, 1.807) is 14.2 Å². The number of aliphatic carboxylic acids is 1. The van der Waals surface area contributed by atoms with Gasteiger partial charge in [0, 0.05) is 39.4 Å². The first-order valence-corrected chi connectivity index (χ1v) is 14.6. The van der Waals surface area contributed by atoms with Gasteiger partial charge in [0.25, 0.3) is 5.91 Å². The van der Waals surface area contributed by atoms with Crippen molar-refractivity contribution in [3.63, 3.8) is 0 Å². The summed E-state index contributed by atoms with van der Waals surface area (Å²) in [6, 6.07) is 13.8. The molecule has 2 saturated heterocycles. The molecule has 1 atom stereocenters. The van der Waals surface area contributed by atoms with Gasteiger partial charge in [-0.05, 0) is 86.1 Å². The van der Waals surface area contributed by atoms with Crippen LogP contribution in [0.5, 0.6) is 11.5 Å². The summed E-state index contributed by atoms with van der Waals surface area (Å²) in [5.41, 5.74) is 2.74. The minimum absolute atomic E-state index is 0.0652. The van der Waals surface area contributed by atoms with Gasteiger partial charge in [0.1, 0.15) is 11.5 Å². The van der Waals surface area contributed by atoms with E-state index in [1.165, 1.54) is 0 Å². The summed E-state index contributed by atoms with van der Waals surface area (Å²) in [7, 11) is 3.39. The number of ether oxygens (including phenoxy) is 3. The molecule has 3 fully saturated rings. The van der Waals surface area contributed by atoms with Crippen LogP contribution in [-0.4, -0.2) is 75.0 Å². The Kier molecular flexibility index (Phi) is 9.15. The second-order valence-corrected chi connectivity index (χ2v) is 11.5. The number of hydrogen-bond acceptors (Lipinski definition) is 6. The maximum absolute atomic E-state index is 13.5. The van der Waals surface area contributed by atoms with Gasteiger partial charge in [-0.3, -0.25) is 9.59 Å². The molecule has 3 aliphatic rings. The van der Waals surface area contributed by atoms with Crippen molar-refractivity contribution < 1.29 is 28.9 Å². The number of amides is 1. The quantitative estimate of drug-likeness (QED) is 0.411. The molecule has 2 aromatic rings. The normalized spacial score (nSPS) is 19.4. The fourth-order valence-electron chi connectivity index (χ4n) is 6.18. The van der Waals surface area contributed by atoms with Crippen molar-refractivity contribution in [1.29, 1.82) is 0 Å². The summed E-state index contributed by atoms with van der Waals surface area (Å²) in [6.45, 7) is 3.73. The zero-order valence-corrected chi connectivity index (χ0v) is 23.7. The molecule has 1 N–H and O–H groups in total. The maximum atomic E-state index is 13.5. The van der Waals surface area contributed by atoms with Crippen LogP contribution in [-0.2, 0) is 9.53 Å². The highest BCUT2D eigenvalue weighted by atomic mass is 16.5. The summed E-state index contributed by atoms with van der Waals surface area (Å²) in [5.74, 6) is 1.85. The van der Waals surface area contributed by atoms with Crippen molar-refractivity contribution in [2.24, 2.45) is 11.8 Å². The monoisotopic (exact) mass is 550 g/mol. The van der Waals surface area contributed by atoms with Crippen molar-refractivity contribution in [2.45, 2.75) is 57.0 Å². The predicted octanol–water partition coefficient (Wildman–Crippen LogP) is 5.21. The number of benzene rings is 2. The van der Waals surface area contributed by atoms with E-state index in [4.69, 9.17) is 14.2 Å². The number of anilines is 1. The molecular formula is C32H42N2O6. The van der Waals surface area contributed by atoms with Crippen LogP contribution in [0.2, 0.25) is 0 Å². The van der Waals surface area contributed by atoms with Crippen LogP contribution in [0.1, 0.15) is 66.8 Å². The highest BCUT2D eigenvalue weighted by Crippen LogP contribution is 2.45. The lowest BCUT2D eigenvalue weighted by Gasteiger charge is -2.36. The molecule has 1 amide bonds. The SMILES string of the molecule is COc1ccc(C(=O)N2CCC(OC)CC2)c(N2CCC(COc3cccc(C(CC(=O)O)C4CC4)c3)CC2)c1. The lowest BCUT2D eigenvalue weighted by Crippen LogP contribution is -2.42. The first kappa shape index (κ1) is 28.3. The zero-order chi connectivity index (χ0) is 28.1. The van der Waals surface area contributed by atoms with Gasteiger partial charge in [-0.2, -0.15) is 0 Å². The van der Waals surface area contributed by atoms with Gasteiger partial charge in [0.15, 0.2) is 0 Å². The Balaban J connectivity index is 1.19. The highest BCUT2D eigenvalue weighted by Gasteiger charge is 2.34. The van der Waals surface area contributed by atoms with E-state index < -0.39 is 5.97 Å². The number of likely N-dealkylation sites (tertiary alicyclic amines) is 1. The van der Waals surface area contributed by atoms with E-state index in [1.807, 2.05) is 47.4 Å². The molecule has 0 bridgehead atoms. The molecule has 0 spiro atoms. The van der Waals surface area contributed by atoms with Gasteiger partial charge in [-0.1, -0.05) is 12.1 Å². The number of carboxylic acid groups (broad SMARTS) is 1. The number of nitrogens with zero attached hydrogens (tertiary/aromatic N) is 2. The first-order valence-electron chi connectivity index (χ1n) is 14.6. The Bertz CT molecular complexity index is 1170. The summed E-state index contributed by atoms with van der Waals surface area (Å²) in [5, 5.41) is 9.36. The van der Waals surface area contributed by atoms with Gasteiger partial charge in [-0.25, -0.2) is 0 Å². The number of carboxylic acids is 1. The molecule has 1 unspecified atom stereocenters. The number of carbonyl (C=O) groups is 2. The van der Waals surface area contributed by atoms with Crippen molar-refractivity contribution >= 4 is 17.6 Å². The third-order valence-electron chi connectivity index (χ3n) is 8.81. The number of rotatable bonds is 11. The molecule has 2 aliphatic heterocycles. The second kappa shape index (κ2) is 12.9. The van der Waals surface area contributed by atoms with E-state index in [0.717, 1.165) is 79.9 Å². The van der Waals surface area contributed by atoms with Crippen molar-refractivity contribution in [2.75, 3.05) is 51.9 Å². The van der Waals surface area contributed by atoms with Gasteiger partial charge in [-0.15, -0.1) is 0 Å². The zero-order valence-electron chi connectivity index (χ0n) is 23.7. The van der Waals surface area contributed by atoms with Crippen LogP contribution < -0.4 is 14.4 Å². The molecule has 1 saturated carbocycles. The van der Waals surface area contributed by atoms with E-state index in [9.17, 15) is 14.7 Å². The predicted molar refractivity (Wildman–Crippen MR) is 154 cm³/mol. The Hall–Kier alpha value is -3.26. The number of hydrogen-bond donors (Lipinski definition) is 1. The minimum atomic E-state index is -0.744. The van der Waals surface area contributed by atoms with Gasteiger partial charge < -0.3 is 29.1 Å². The average molecular weight is 551 g/mol. The van der Waals surface area contributed by atoms with E-state index in [-0.39, 0.29) is 24.3 Å². The minimum Gasteiger partial charge on any atom is -0.497 e. The molecule has 1 aliphatic carbocycles. The second-order valence-electron chi connectivity index (χ2n) is 11.5. The molecule has 216 valence electrons. The largest absolute Gasteiger partial charge is 0.497 e. The topological polar surface area (TPSA) is 88.5 Å². The molecule has 8 nitrogen and oxygen atoms in total. The Labute approximate surface area is 237 Å². The molecule has 0 radical (unpaired) electrons. The van der Waals surface area contributed by atoms with Crippen LogP contribution in [0.15, 0.2) is 42.5 Å². The Morgan fingerprint density at radius 1 is 0.925 bits per heavy atom. The van der Waals surface area contributed by atoms with Crippen LogP contribution in [0.25, 0.3) is 0 Å². The summed E-state index contributed by atoms with van der Waals surface area (Å²) >= 11 is 0. The van der Waals surface area contributed by atoms with Crippen molar-refractivity contribution in [3.05, 3.63) is 53.6 Å². The number of methoxy groups -OCH3 is 2. The van der Waals surface area contributed by atoms with Crippen LogP contribution >= 0.6 is 0 Å². The molecule has 2 heterocycles. The maximum Gasteiger partial charge on any atom is 0.303 e. The van der Waals surface area contributed by atoms with E-state index in [0.29, 0.717) is 31.5 Å². The van der Waals surface area contributed by atoms with Crippen molar-refractivity contribution in [3.8, 4) is 11.5 Å². The molecule has 2 aromatic carbocycles. The number of carbonyl (C=O) groups excluding carboxylic acids is 1. The van der Waals surface area contributed by atoms with Crippen molar-refractivity contribution in [1.82, 2.24) is 4.90 Å². The van der Waals surface area contributed by atoms with Crippen LogP contribution in [0.4, 0.5) is 5.69 Å². The van der Waals surface area contributed by atoms with Gasteiger partial charge >= 0.3 is 5.97 Å². The van der Waals surface area contributed by atoms with Gasteiger partial charge in [0.05, 0.1) is 37.5 Å². The van der Waals surface area contributed by atoms with E-state index in [2.05, 4.69) is 4.90 Å². The first-order chi connectivity index (χ1) is 19.4. The summed E-state index contributed by atoms with van der Waals surface area (Å²) in [4.78, 5) is 29.2. The Morgan fingerprint density at radius 2 is 1.68 bits per heavy atom. The fraction of sp³-hybridized carbons (Fsp3) is 0.562. The lowest BCUT2D eigenvalue weighted by atomic mass is 9.91. The summed E-state index contributed by atoms with van der Waals surface area (Å²) in [6.07, 6.45) is 6.27. The fourth-order valence-corrected chi connectivity index (χ4v) is 6.18. The molecule has 0 aromatic heterocycles. The average Bonchev–Trinajstić information content (AvgIpc) is 3.84. The third-order valence-corrected chi connectivity index (χ3v) is 8.81. The van der Waals surface area contributed by atoms with E-state index >= 15 is 0 Å². The van der Waals surface area contributed by atoms with Crippen LogP contribution in [0, 0.1) is 11.8 Å². The molecule has 40 heavy (non-hydrogen) atoms. The number of piperidine rings is 2. The van der Waals surface area contributed by atoms with Crippen LogP contribution in [0.3, 0.4) is 0 Å². The summed E-state index contributed by atoms with van der Waals surface area (Å²) < 4.78 is 17.2.